The molecule has 1 amide bonds. The smallest absolute Gasteiger partial charge is 0.236 e. The molecule has 0 aromatic rings. The molecule has 0 aromatic heterocycles. The molecule has 0 aromatic carbocycles. The van der Waals surface area contributed by atoms with Crippen molar-refractivity contribution in [2.45, 2.75) is 31.8 Å². The number of hydrogen-bond acceptors (Lipinski definition) is 2. The van der Waals surface area contributed by atoms with Gasteiger partial charge in [0.15, 0.2) is 0 Å². The van der Waals surface area contributed by atoms with E-state index in [0.717, 1.165) is 6.54 Å². The molecule has 0 spiro atoms. The zero-order valence-electron chi connectivity index (χ0n) is 7.79. The van der Waals surface area contributed by atoms with Gasteiger partial charge in [-0.05, 0) is 19.8 Å². The molecule has 0 bridgehead atoms. The van der Waals surface area contributed by atoms with Crippen LogP contribution in [-0.2, 0) is 4.79 Å². The maximum atomic E-state index is 11.4. The molecule has 3 nitrogen and oxygen atoms in total. The summed E-state index contributed by atoms with van der Waals surface area (Å²) in [5.74, 6) is 0.278. The van der Waals surface area contributed by atoms with Crippen LogP contribution in [0.4, 0.5) is 0 Å². The molecule has 0 aliphatic carbocycles. The topological polar surface area (TPSA) is 23.6 Å². The fraction of sp³-hybridized carbons (Fsp3) is 0.889. The Hall–Kier alpha value is -0.570. The summed E-state index contributed by atoms with van der Waals surface area (Å²) in [4.78, 5) is 15.6. The third-order valence-corrected chi connectivity index (χ3v) is 3.18. The molecule has 2 heterocycles. The van der Waals surface area contributed by atoms with Crippen molar-refractivity contribution < 1.29 is 4.79 Å². The first-order valence-corrected chi connectivity index (χ1v) is 4.68. The minimum absolute atomic E-state index is 0.278. The second-order valence-corrected chi connectivity index (χ2v) is 4.03. The van der Waals surface area contributed by atoms with Crippen LogP contribution in [0, 0.1) is 0 Å². The van der Waals surface area contributed by atoms with Gasteiger partial charge in [0.25, 0.3) is 0 Å². The van der Waals surface area contributed by atoms with Crippen molar-refractivity contribution in [1.29, 1.82) is 0 Å². The molecule has 2 atom stereocenters. The lowest BCUT2D eigenvalue weighted by atomic mass is 10.2. The Morgan fingerprint density at radius 3 is 2.92 bits per heavy atom. The molecular formula is C9H16N2O. The second-order valence-electron chi connectivity index (χ2n) is 4.03. The fourth-order valence-corrected chi connectivity index (χ4v) is 2.30. The highest BCUT2D eigenvalue weighted by molar-refractivity contribution is 5.79. The molecule has 2 saturated heterocycles. The molecule has 68 valence electrons. The first kappa shape index (κ1) is 8.05. The molecule has 2 fully saturated rings. The van der Waals surface area contributed by atoms with Gasteiger partial charge < -0.3 is 4.90 Å². The highest BCUT2D eigenvalue weighted by Gasteiger charge is 2.37. The molecular weight excluding hydrogens is 152 g/mol. The van der Waals surface area contributed by atoms with Crippen LogP contribution in [0.5, 0.6) is 0 Å². The SMILES string of the molecule is CC1CCC2CN(C)C(=O)CN12. The van der Waals surface area contributed by atoms with Gasteiger partial charge in [-0.25, -0.2) is 0 Å². The Balaban J connectivity index is 2.09. The van der Waals surface area contributed by atoms with Crippen LogP contribution in [0.25, 0.3) is 0 Å². The normalized spacial score (nSPS) is 37.2. The van der Waals surface area contributed by atoms with E-state index in [1.54, 1.807) is 0 Å². The first-order chi connectivity index (χ1) is 5.68. The predicted molar refractivity (Wildman–Crippen MR) is 46.8 cm³/mol. The van der Waals surface area contributed by atoms with Crippen LogP contribution >= 0.6 is 0 Å². The summed E-state index contributed by atoms with van der Waals surface area (Å²) in [5.41, 5.74) is 0. The lowest BCUT2D eigenvalue weighted by Gasteiger charge is -2.36. The number of amides is 1. The summed E-state index contributed by atoms with van der Waals surface area (Å²) < 4.78 is 0. The summed E-state index contributed by atoms with van der Waals surface area (Å²) in [6.07, 6.45) is 2.52. The van der Waals surface area contributed by atoms with Crippen LogP contribution < -0.4 is 0 Å². The third-order valence-electron chi connectivity index (χ3n) is 3.18. The quantitative estimate of drug-likeness (QED) is 0.520. The van der Waals surface area contributed by atoms with Gasteiger partial charge in [-0.1, -0.05) is 0 Å². The highest BCUT2D eigenvalue weighted by atomic mass is 16.2. The molecule has 2 rings (SSSR count). The molecule has 2 aliphatic heterocycles. The predicted octanol–water partition coefficient (Wildman–Crippen LogP) is 0.311. The number of likely N-dealkylation sites (N-methyl/N-ethyl adjacent to an activating group) is 1. The van der Waals surface area contributed by atoms with Gasteiger partial charge in [0.1, 0.15) is 0 Å². The lowest BCUT2D eigenvalue weighted by Crippen LogP contribution is -2.53. The van der Waals surface area contributed by atoms with E-state index in [-0.39, 0.29) is 5.91 Å². The molecule has 0 saturated carbocycles. The van der Waals surface area contributed by atoms with Gasteiger partial charge in [-0.2, -0.15) is 0 Å². The number of hydrogen-bond donors (Lipinski definition) is 0. The molecule has 12 heavy (non-hydrogen) atoms. The number of rotatable bonds is 0. The van der Waals surface area contributed by atoms with Crippen LogP contribution in [-0.4, -0.2) is 47.9 Å². The van der Waals surface area contributed by atoms with E-state index >= 15 is 0 Å². The Bertz CT molecular complexity index is 205. The van der Waals surface area contributed by atoms with Crippen molar-refractivity contribution in [2.24, 2.45) is 0 Å². The summed E-state index contributed by atoms with van der Waals surface area (Å²) in [6, 6.07) is 1.26. The van der Waals surface area contributed by atoms with Gasteiger partial charge in [-0.15, -0.1) is 0 Å². The van der Waals surface area contributed by atoms with E-state index in [1.807, 2.05) is 11.9 Å². The maximum Gasteiger partial charge on any atom is 0.236 e. The van der Waals surface area contributed by atoms with E-state index in [2.05, 4.69) is 11.8 Å². The van der Waals surface area contributed by atoms with Crippen LogP contribution in [0.15, 0.2) is 0 Å². The van der Waals surface area contributed by atoms with Crippen LogP contribution in [0.2, 0.25) is 0 Å². The summed E-state index contributed by atoms with van der Waals surface area (Å²) in [7, 11) is 1.91. The minimum atomic E-state index is 0.278. The van der Waals surface area contributed by atoms with E-state index in [1.165, 1.54) is 12.8 Å². The molecule has 3 heteroatoms. The number of carbonyl (C=O) groups excluding carboxylic acids is 1. The molecule has 2 unspecified atom stereocenters. The van der Waals surface area contributed by atoms with Crippen LogP contribution in [0.3, 0.4) is 0 Å². The lowest BCUT2D eigenvalue weighted by molar-refractivity contribution is -0.136. The maximum absolute atomic E-state index is 11.4. The average molecular weight is 168 g/mol. The number of carbonyl (C=O) groups is 1. The Morgan fingerprint density at radius 1 is 1.42 bits per heavy atom. The van der Waals surface area contributed by atoms with Gasteiger partial charge in [0, 0.05) is 25.7 Å². The molecule has 2 aliphatic rings. The monoisotopic (exact) mass is 168 g/mol. The number of fused-ring (bicyclic) bond motifs is 1. The third kappa shape index (κ3) is 1.12. The highest BCUT2D eigenvalue weighted by Crippen LogP contribution is 2.26. The first-order valence-electron chi connectivity index (χ1n) is 4.68. The summed E-state index contributed by atoms with van der Waals surface area (Å²) >= 11 is 0. The standard InChI is InChI=1S/C9H16N2O/c1-7-3-4-8-5-10(2)9(12)6-11(7)8/h7-8H,3-6H2,1-2H3. The van der Waals surface area contributed by atoms with E-state index in [0.29, 0.717) is 18.6 Å². The van der Waals surface area contributed by atoms with Crippen molar-refractivity contribution in [1.82, 2.24) is 9.80 Å². The zero-order chi connectivity index (χ0) is 8.72. The number of nitrogens with zero attached hydrogens (tertiary/aromatic N) is 2. The largest absolute Gasteiger partial charge is 0.343 e. The zero-order valence-corrected chi connectivity index (χ0v) is 7.79. The Labute approximate surface area is 73.3 Å². The van der Waals surface area contributed by atoms with Crippen molar-refractivity contribution >= 4 is 5.91 Å². The van der Waals surface area contributed by atoms with E-state index in [4.69, 9.17) is 0 Å². The van der Waals surface area contributed by atoms with Gasteiger partial charge in [-0.3, -0.25) is 9.69 Å². The minimum Gasteiger partial charge on any atom is -0.343 e. The Morgan fingerprint density at radius 2 is 2.17 bits per heavy atom. The summed E-state index contributed by atoms with van der Waals surface area (Å²) in [5, 5.41) is 0. The van der Waals surface area contributed by atoms with Gasteiger partial charge >= 0.3 is 0 Å². The van der Waals surface area contributed by atoms with Crippen molar-refractivity contribution in [2.75, 3.05) is 20.1 Å². The fourth-order valence-electron chi connectivity index (χ4n) is 2.30. The Kier molecular flexibility index (Phi) is 1.83. The van der Waals surface area contributed by atoms with Crippen LogP contribution in [0.1, 0.15) is 19.8 Å². The number of piperazine rings is 1. The van der Waals surface area contributed by atoms with Crippen molar-refractivity contribution in [3.63, 3.8) is 0 Å². The second kappa shape index (κ2) is 2.73. The van der Waals surface area contributed by atoms with E-state index < -0.39 is 0 Å². The summed E-state index contributed by atoms with van der Waals surface area (Å²) in [6.45, 7) is 3.80. The van der Waals surface area contributed by atoms with Crippen molar-refractivity contribution in [3.05, 3.63) is 0 Å². The van der Waals surface area contributed by atoms with Gasteiger partial charge in [0.2, 0.25) is 5.91 Å². The molecule has 0 N–H and O–H groups in total. The average Bonchev–Trinajstić information content (AvgIpc) is 2.35. The van der Waals surface area contributed by atoms with Crippen molar-refractivity contribution in [3.8, 4) is 0 Å². The van der Waals surface area contributed by atoms with E-state index in [9.17, 15) is 4.79 Å². The molecule has 0 radical (unpaired) electrons. The van der Waals surface area contributed by atoms with Gasteiger partial charge in [0.05, 0.1) is 6.54 Å².